The average Bonchev–Trinajstić information content (AvgIpc) is 2.38. The number of amides is 1. The summed E-state index contributed by atoms with van der Waals surface area (Å²) in [6.45, 7) is 6.23. The van der Waals surface area contributed by atoms with E-state index in [0.29, 0.717) is 11.6 Å². The maximum absolute atomic E-state index is 12.3. The van der Waals surface area contributed by atoms with Gasteiger partial charge in [0, 0.05) is 23.8 Å². The molecule has 1 aromatic rings. The Morgan fingerprint density at radius 1 is 1.44 bits per heavy atom. The second-order valence-electron chi connectivity index (χ2n) is 5.21. The van der Waals surface area contributed by atoms with Crippen molar-refractivity contribution >= 4 is 21.8 Å². The van der Waals surface area contributed by atoms with Crippen molar-refractivity contribution in [1.29, 1.82) is 0 Å². The Morgan fingerprint density at radius 3 is 2.67 bits per heavy atom. The van der Waals surface area contributed by atoms with Crippen LogP contribution in [0.2, 0.25) is 0 Å². The van der Waals surface area contributed by atoms with Gasteiger partial charge in [-0.1, -0.05) is 13.8 Å². The summed E-state index contributed by atoms with van der Waals surface area (Å²) in [5, 5.41) is 0. The van der Waals surface area contributed by atoms with Crippen LogP contribution in [-0.4, -0.2) is 28.9 Å². The first-order chi connectivity index (χ1) is 8.59. The lowest BCUT2D eigenvalue weighted by molar-refractivity contribution is 0.0661. The summed E-state index contributed by atoms with van der Waals surface area (Å²) in [6.07, 6.45) is 3.88. The predicted molar refractivity (Wildman–Crippen MR) is 75.4 cm³/mol. The molecule has 0 aliphatic carbocycles. The Morgan fingerprint density at radius 2 is 2.11 bits per heavy atom. The molecule has 0 unspecified atom stereocenters. The quantitative estimate of drug-likeness (QED) is 0.839. The molecule has 18 heavy (non-hydrogen) atoms. The summed E-state index contributed by atoms with van der Waals surface area (Å²) in [7, 11) is 0. The standard InChI is InChI=1S/C14H19BrN2O/c1-10(2)11-5-8-17(9-6-11)14(18)13-12(15)4-3-7-16-13/h3-4,7,10-11H,5-6,8-9H2,1-2H3. The molecule has 0 atom stereocenters. The molecular weight excluding hydrogens is 292 g/mol. The number of nitrogens with zero attached hydrogens (tertiary/aromatic N) is 2. The Balaban J connectivity index is 2.02. The largest absolute Gasteiger partial charge is 0.337 e. The zero-order valence-electron chi connectivity index (χ0n) is 10.9. The molecule has 1 fully saturated rings. The molecule has 0 saturated carbocycles. The van der Waals surface area contributed by atoms with Crippen molar-refractivity contribution < 1.29 is 4.79 Å². The molecular formula is C14H19BrN2O. The van der Waals surface area contributed by atoms with Gasteiger partial charge in [0.25, 0.3) is 5.91 Å². The van der Waals surface area contributed by atoms with Gasteiger partial charge in [0.2, 0.25) is 0 Å². The third-order valence-electron chi connectivity index (χ3n) is 3.73. The first kappa shape index (κ1) is 13.5. The van der Waals surface area contributed by atoms with Gasteiger partial charge in [0.1, 0.15) is 5.69 Å². The van der Waals surface area contributed by atoms with Gasteiger partial charge in [-0.05, 0) is 52.7 Å². The van der Waals surface area contributed by atoms with E-state index in [1.54, 1.807) is 6.20 Å². The van der Waals surface area contributed by atoms with Crippen molar-refractivity contribution in [3.63, 3.8) is 0 Å². The van der Waals surface area contributed by atoms with Gasteiger partial charge < -0.3 is 4.90 Å². The van der Waals surface area contributed by atoms with Gasteiger partial charge >= 0.3 is 0 Å². The molecule has 0 spiro atoms. The second-order valence-corrected chi connectivity index (χ2v) is 6.06. The maximum Gasteiger partial charge on any atom is 0.273 e. The minimum atomic E-state index is 0.0460. The van der Waals surface area contributed by atoms with Crippen LogP contribution < -0.4 is 0 Å². The molecule has 0 radical (unpaired) electrons. The fourth-order valence-corrected chi connectivity index (χ4v) is 2.89. The third kappa shape index (κ3) is 2.91. The number of halogens is 1. The number of carbonyl (C=O) groups is 1. The normalized spacial score (nSPS) is 17.2. The number of aromatic nitrogens is 1. The van der Waals surface area contributed by atoms with Crippen LogP contribution in [0.1, 0.15) is 37.2 Å². The first-order valence-electron chi connectivity index (χ1n) is 6.49. The highest BCUT2D eigenvalue weighted by atomic mass is 79.9. The van der Waals surface area contributed by atoms with E-state index in [1.165, 1.54) is 0 Å². The highest BCUT2D eigenvalue weighted by molar-refractivity contribution is 9.10. The van der Waals surface area contributed by atoms with E-state index in [0.717, 1.165) is 36.3 Å². The number of rotatable bonds is 2. The van der Waals surface area contributed by atoms with E-state index in [1.807, 2.05) is 17.0 Å². The Kier molecular flexibility index (Phi) is 4.38. The van der Waals surface area contributed by atoms with Crippen LogP contribution >= 0.6 is 15.9 Å². The number of pyridine rings is 1. The fourth-order valence-electron chi connectivity index (χ4n) is 2.46. The zero-order chi connectivity index (χ0) is 13.1. The molecule has 98 valence electrons. The lowest BCUT2D eigenvalue weighted by Gasteiger charge is -2.33. The molecule has 2 heterocycles. The molecule has 1 aliphatic rings. The summed E-state index contributed by atoms with van der Waals surface area (Å²) in [6, 6.07) is 3.69. The van der Waals surface area contributed by atoms with E-state index in [4.69, 9.17) is 0 Å². The number of hydrogen-bond acceptors (Lipinski definition) is 2. The van der Waals surface area contributed by atoms with E-state index in [2.05, 4.69) is 34.8 Å². The molecule has 1 aliphatic heterocycles. The lowest BCUT2D eigenvalue weighted by Crippen LogP contribution is -2.40. The minimum absolute atomic E-state index is 0.0460. The van der Waals surface area contributed by atoms with Crippen molar-refractivity contribution in [2.24, 2.45) is 11.8 Å². The molecule has 0 N–H and O–H groups in total. The van der Waals surface area contributed by atoms with Gasteiger partial charge in [-0.25, -0.2) is 4.98 Å². The zero-order valence-corrected chi connectivity index (χ0v) is 12.5. The first-order valence-corrected chi connectivity index (χ1v) is 7.28. The van der Waals surface area contributed by atoms with E-state index in [9.17, 15) is 4.79 Å². The molecule has 4 heteroatoms. The van der Waals surface area contributed by atoms with E-state index < -0.39 is 0 Å². The molecule has 2 rings (SSSR count). The fraction of sp³-hybridized carbons (Fsp3) is 0.571. The molecule has 0 bridgehead atoms. The smallest absolute Gasteiger partial charge is 0.273 e. The van der Waals surface area contributed by atoms with Crippen molar-refractivity contribution in [3.05, 3.63) is 28.5 Å². The van der Waals surface area contributed by atoms with Crippen LogP contribution in [0.4, 0.5) is 0 Å². The lowest BCUT2D eigenvalue weighted by atomic mass is 9.86. The van der Waals surface area contributed by atoms with Crippen molar-refractivity contribution in [2.75, 3.05) is 13.1 Å². The van der Waals surface area contributed by atoms with Gasteiger partial charge in [0.05, 0.1) is 0 Å². The van der Waals surface area contributed by atoms with Gasteiger partial charge in [-0.2, -0.15) is 0 Å². The van der Waals surface area contributed by atoms with Crippen molar-refractivity contribution in [3.8, 4) is 0 Å². The molecule has 1 saturated heterocycles. The highest BCUT2D eigenvalue weighted by Crippen LogP contribution is 2.26. The summed E-state index contributed by atoms with van der Waals surface area (Å²) in [5.74, 6) is 1.51. The highest BCUT2D eigenvalue weighted by Gasteiger charge is 2.26. The monoisotopic (exact) mass is 310 g/mol. The van der Waals surface area contributed by atoms with Crippen molar-refractivity contribution in [1.82, 2.24) is 9.88 Å². The molecule has 0 aromatic carbocycles. The van der Waals surface area contributed by atoms with E-state index >= 15 is 0 Å². The van der Waals surface area contributed by atoms with Crippen LogP contribution in [0.5, 0.6) is 0 Å². The van der Waals surface area contributed by atoms with Crippen LogP contribution in [0.3, 0.4) is 0 Å². The van der Waals surface area contributed by atoms with E-state index in [-0.39, 0.29) is 5.91 Å². The summed E-state index contributed by atoms with van der Waals surface area (Å²) in [4.78, 5) is 18.4. The van der Waals surface area contributed by atoms with Gasteiger partial charge in [-0.15, -0.1) is 0 Å². The maximum atomic E-state index is 12.3. The molecule has 1 aromatic heterocycles. The van der Waals surface area contributed by atoms with Crippen LogP contribution in [0.15, 0.2) is 22.8 Å². The summed E-state index contributed by atoms with van der Waals surface area (Å²) in [5.41, 5.74) is 0.528. The minimum Gasteiger partial charge on any atom is -0.337 e. The number of likely N-dealkylation sites (tertiary alicyclic amines) is 1. The van der Waals surface area contributed by atoms with Gasteiger partial charge in [0.15, 0.2) is 0 Å². The predicted octanol–water partition coefficient (Wildman–Crippen LogP) is 3.35. The summed E-state index contributed by atoms with van der Waals surface area (Å²) >= 11 is 3.39. The SMILES string of the molecule is CC(C)C1CCN(C(=O)c2ncccc2Br)CC1. The van der Waals surface area contributed by atoms with Crippen LogP contribution in [0.25, 0.3) is 0 Å². The Hall–Kier alpha value is -0.900. The topological polar surface area (TPSA) is 33.2 Å². The molecule has 1 amide bonds. The Labute approximate surface area is 117 Å². The second kappa shape index (κ2) is 5.83. The number of hydrogen-bond donors (Lipinski definition) is 0. The average molecular weight is 311 g/mol. The van der Waals surface area contributed by atoms with Crippen LogP contribution in [0, 0.1) is 11.8 Å². The Bertz CT molecular complexity index is 426. The van der Waals surface area contributed by atoms with Crippen molar-refractivity contribution in [2.45, 2.75) is 26.7 Å². The number of carbonyl (C=O) groups excluding carboxylic acids is 1. The van der Waals surface area contributed by atoms with Crippen LogP contribution in [-0.2, 0) is 0 Å². The third-order valence-corrected chi connectivity index (χ3v) is 4.37. The summed E-state index contributed by atoms with van der Waals surface area (Å²) < 4.78 is 0.779. The number of piperidine rings is 1. The van der Waals surface area contributed by atoms with Gasteiger partial charge in [-0.3, -0.25) is 4.79 Å². The molecule has 3 nitrogen and oxygen atoms in total.